The second kappa shape index (κ2) is 5.10. The van der Waals surface area contributed by atoms with Gasteiger partial charge in [-0.25, -0.2) is 0 Å². The number of hydrogen-bond donors (Lipinski definition) is 2. The zero-order valence-electron chi connectivity index (χ0n) is 9.84. The highest BCUT2D eigenvalue weighted by molar-refractivity contribution is 4.84. The van der Waals surface area contributed by atoms with Crippen molar-refractivity contribution in [2.75, 3.05) is 33.4 Å². The van der Waals surface area contributed by atoms with Gasteiger partial charge in [0, 0.05) is 13.2 Å². The van der Waals surface area contributed by atoms with Gasteiger partial charge in [0.25, 0.3) is 0 Å². The Morgan fingerprint density at radius 1 is 1.36 bits per heavy atom. The van der Waals surface area contributed by atoms with E-state index in [1.807, 2.05) is 0 Å². The van der Waals surface area contributed by atoms with E-state index in [1.54, 1.807) is 0 Å². The molecule has 0 atom stereocenters. The molecule has 0 saturated carbocycles. The highest BCUT2D eigenvalue weighted by Crippen LogP contribution is 2.33. The predicted octanol–water partition coefficient (Wildman–Crippen LogP) is 0.860. The van der Waals surface area contributed by atoms with Gasteiger partial charge in [-0.1, -0.05) is 13.8 Å². The first kappa shape index (κ1) is 12.0. The Kier molecular flexibility index (Phi) is 4.35. The maximum atomic E-state index is 5.47. The van der Waals surface area contributed by atoms with Crippen LogP contribution in [0.1, 0.15) is 26.7 Å². The van der Waals surface area contributed by atoms with Crippen LogP contribution in [0.4, 0.5) is 0 Å². The van der Waals surface area contributed by atoms with E-state index in [0.29, 0.717) is 12.1 Å². The van der Waals surface area contributed by atoms with Crippen LogP contribution in [-0.2, 0) is 0 Å². The summed E-state index contributed by atoms with van der Waals surface area (Å²) in [5.74, 6) is 0.845. The lowest BCUT2D eigenvalue weighted by Gasteiger charge is -2.39. The molecule has 0 amide bonds. The number of piperidine rings is 1. The van der Waals surface area contributed by atoms with Crippen LogP contribution in [0.15, 0.2) is 0 Å². The molecule has 1 fully saturated rings. The monoisotopic (exact) mass is 199 g/mol. The van der Waals surface area contributed by atoms with Crippen LogP contribution in [0.5, 0.6) is 0 Å². The number of nitrogens with zero attached hydrogens (tertiary/aromatic N) is 1. The number of nitrogens with two attached hydrogens (primary N) is 1. The van der Waals surface area contributed by atoms with Crippen molar-refractivity contribution in [1.29, 1.82) is 0 Å². The van der Waals surface area contributed by atoms with Crippen LogP contribution in [0.25, 0.3) is 0 Å². The van der Waals surface area contributed by atoms with Gasteiger partial charge in [-0.2, -0.15) is 0 Å². The van der Waals surface area contributed by atoms with E-state index in [2.05, 4.69) is 31.1 Å². The molecule has 0 bridgehead atoms. The average Bonchev–Trinajstić information content (AvgIpc) is 2.16. The average molecular weight is 199 g/mol. The standard InChI is InChI=1S/C11H25N3/c1-11(2,8-13-9-12)10-4-6-14(3)7-5-10/h10,13H,4-9,12H2,1-3H3. The van der Waals surface area contributed by atoms with E-state index in [9.17, 15) is 0 Å². The quantitative estimate of drug-likeness (QED) is 0.660. The predicted molar refractivity (Wildman–Crippen MR) is 61.1 cm³/mol. The summed E-state index contributed by atoms with van der Waals surface area (Å²) in [7, 11) is 2.21. The van der Waals surface area contributed by atoms with Gasteiger partial charge in [0.05, 0.1) is 0 Å². The van der Waals surface area contributed by atoms with Gasteiger partial charge >= 0.3 is 0 Å². The molecule has 0 spiro atoms. The molecule has 0 aromatic heterocycles. The Labute approximate surface area is 88.0 Å². The van der Waals surface area contributed by atoms with Crippen molar-refractivity contribution in [3.05, 3.63) is 0 Å². The summed E-state index contributed by atoms with van der Waals surface area (Å²) in [6.07, 6.45) is 2.66. The molecule has 1 saturated heterocycles. The zero-order valence-corrected chi connectivity index (χ0v) is 9.84. The second-order valence-corrected chi connectivity index (χ2v) is 5.20. The molecule has 0 unspecified atom stereocenters. The first-order valence-electron chi connectivity index (χ1n) is 5.65. The third-order valence-corrected chi connectivity index (χ3v) is 3.55. The third-order valence-electron chi connectivity index (χ3n) is 3.55. The van der Waals surface area contributed by atoms with Crippen molar-refractivity contribution < 1.29 is 0 Å². The van der Waals surface area contributed by atoms with Crippen LogP contribution in [0.2, 0.25) is 0 Å². The van der Waals surface area contributed by atoms with Gasteiger partial charge in [-0.3, -0.25) is 0 Å². The Morgan fingerprint density at radius 3 is 2.43 bits per heavy atom. The smallest absolute Gasteiger partial charge is 0.0428 e. The molecule has 3 heteroatoms. The van der Waals surface area contributed by atoms with Gasteiger partial charge in [0.15, 0.2) is 0 Å². The molecular formula is C11H25N3. The van der Waals surface area contributed by atoms with Crippen molar-refractivity contribution >= 4 is 0 Å². The lowest BCUT2D eigenvalue weighted by atomic mass is 9.73. The van der Waals surface area contributed by atoms with Crippen LogP contribution in [0, 0.1) is 11.3 Å². The Balaban J connectivity index is 2.38. The molecule has 3 N–H and O–H groups in total. The summed E-state index contributed by atoms with van der Waals surface area (Å²) in [4.78, 5) is 2.42. The van der Waals surface area contributed by atoms with E-state index in [1.165, 1.54) is 25.9 Å². The first-order valence-corrected chi connectivity index (χ1v) is 5.65. The van der Waals surface area contributed by atoms with Gasteiger partial charge in [0.2, 0.25) is 0 Å². The van der Waals surface area contributed by atoms with E-state index in [4.69, 9.17) is 5.73 Å². The number of likely N-dealkylation sites (tertiary alicyclic amines) is 1. The van der Waals surface area contributed by atoms with Gasteiger partial charge in [0.1, 0.15) is 0 Å². The first-order chi connectivity index (χ1) is 6.56. The maximum absolute atomic E-state index is 5.47. The minimum absolute atomic E-state index is 0.390. The molecule has 0 aromatic rings. The van der Waals surface area contributed by atoms with E-state index >= 15 is 0 Å². The van der Waals surface area contributed by atoms with Crippen molar-refractivity contribution in [1.82, 2.24) is 10.2 Å². The van der Waals surface area contributed by atoms with Gasteiger partial charge in [-0.05, 0) is 44.3 Å². The summed E-state index contributed by atoms with van der Waals surface area (Å²) in [5.41, 5.74) is 5.86. The van der Waals surface area contributed by atoms with E-state index in [-0.39, 0.29) is 0 Å². The Hall–Kier alpha value is -0.120. The topological polar surface area (TPSA) is 41.3 Å². The lowest BCUT2D eigenvalue weighted by molar-refractivity contribution is 0.113. The maximum Gasteiger partial charge on any atom is 0.0428 e. The molecule has 0 aliphatic carbocycles. The van der Waals surface area contributed by atoms with Crippen LogP contribution >= 0.6 is 0 Å². The van der Waals surface area contributed by atoms with Crippen molar-refractivity contribution in [2.45, 2.75) is 26.7 Å². The third kappa shape index (κ3) is 3.23. The Bertz CT molecular complexity index is 160. The number of hydrogen-bond acceptors (Lipinski definition) is 3. The van der Waals surface area contributed by atoms with Crippen LogP contribution < -0.4 is 11.1 Å². The summed E-state index contributed by atoms with van der Waals surface area (Å²) < 4.78 is 0. The zero-order chi connectivity index (χ0) is 10.6. The fourth-order valence-electron chi connectivity index (χ4n) is 2.33. The fraction of sp³-hybridized carbons (Fsp3) is 1.00. The molecule has 14 heavy (non-hydrogen) atoms. The number of nitrogens with one attached hydrogen (secondary N) is 1. The summed E-state index contributed by atoms with van der Waals surface area (Å²) >= 11 is 0. The van der Waals surface area contributed by atoms with E-state index < -0.39 is 0 Å². The normalized spacial score (nSPS) is 21.4. The summed E-state index contributed by atoms with van der Waals surface area (Å²) in [6, 6.07) is 0. The lowest BCUT2D eigenvalue weighted by Crippen LogP contribution is -2.42. The fourth-order valence-corrected chi connectivity index (χ4v) is 2.33. The molecule has 84 valence electrons. The van der Waals surface area contributed by atoms with Crippen molar-refractivity contribution in [3.8, 4) is 0 Å². The highest BCUT2D eigenvalue weighted by Gasteiger charge is 2.31. The molecule has 0 radical (unpaired) electrons. The van der Waals surface area contributed by atoms with Crippen molar-refractivity contribution in [3.63, 3.8) is 0 Å². The highest BCUT2D eigenvalue weighted by atomic mass is 15.1. The van der Waals surface area contributed by atoms with Crippen molar-refractivity contribution in [2.24, 2.45) is 17.1 Å². The minimum atomic E-state index is 0.390. The largest absolute Gasteiger partial charge is 0.318 e. The summed E-state index contributed by atoms with van der Waals surface area (Å²) in [6.45, 7) is 8.83. The Morgan fingerprint density at radius 2 is 1.93 bits per heavy atom. The molecule has 0 aromatic carbocycles. The molecule has 1 aliphatic rings. The molecule has 3 nitrogen and oxygen atoms in total. The summed E-state index contributed by atoms with van der Waals surface area (Å²) in [5, 5.41) is 3.26. The number of rotatable bonds is 4. The molecule has 1 rings (SSSR count). The van der Waals surface area contributed by atoms with Gasteiger partial charge in [-0.15, -0.1) is 0 Å². The SMILES string of the molecule is CN1CCC(C(C)(C)CNCN)CC1. The second-order valence-electron chi connectivity index (χ2n) is 5.20. The van der Waals surface area contributed by atoms with E-state index in [0.717, 1.165) is 12.5 Å². The van der Waals surface area contributed by atoms with Crippen LogP contribution in [-0.4, -0.2) is 38.3 Å². The van der Waals surface area contributed by atoms with Gasteiger partial charge < -0.3 is 16.0 Å². The molecular weight excluding hydrogens is 174 g/mol. The minimum Gasteiger partial charge on any atom is -0.318 e. The molecule has 1 aliphatic heterocycles. The molecule has 1 heterocycles. The van der Waals surface area contributed by atoms with Crippen LogP contribution in [0.3, 0.4) is 0 Å².